The van der Waals surface area contributed by atoms with Gasteiger partial charge in [-0.25, -0.2) is 4.39 Å². The second-order valence-corrected chi connectivity index (χ2v) is 6.22. The smallest absolute Gasteiger partial charge is 0.163 e. The van der Waals surface area contributed by atoms with Gasteiger partial charge in [-0.05, 0) is 17.0 Å². The average molecular weight is 270 g/mol. The van der Waals surface area contributed by atoms with Crippen molar-refractivity contribution in [3.8, 4) is 11.1 Å². The van der Waals surface area contributed by atoms with Gasteiger partial charge >= 0.3 is 0 Å². The summed E-state index contributed by atoms with van der Waals surface area (Å²) in [7, 11) is 0. The molecule has 2 aromatic rings. The van der Waals surface area contributed by atoms with Gasteiger partial charge in [0.2, 0.25) is 0 Å². The van der Waals surface area contributed by atoms with Crippen molar-refractivity contribution in [2.45, 2.75) is 27.2 Å². The maximum absolute atomic E-state index is 14.2. The monoisotopic (exact) mass is 270 g/mol. The Morgan fingerprint density at radius 2 is 1.70 bits per heavy atom. The Labute approximate surface area is 119 Å². The molecule has 0 unspecified atom stereocenters. The Bertz CT molecular complexity index is 609. The molecule has 0 saturated carbocycles. The lowest BCUT2D eigenvalue weighted by Crippen LogP contribution is -2.13. The fourth-order valence-electron chi connectivity index (χ4n) is 2.12. The molecule has 2 rings (SSSR count). The Kier molecular flexibility index (Phi) is 4.03. The number of halogens is 1. The lowest BCUT2D eigenvalue weighted by atomic mass is 9.87. The fraction of sp³-hybridized carbons (Fsp3) is 0.278. The third-order valence-electron chi connectivity index (χ3n) is 3.07. The highest BCUT2D eigenvalue weighted by Crippen LogP contribution is 2.26. The molecule has 2 heteroatoms. The minimum atomic E-state index is -0.351. The summed E-state index contributed by atoms with van der Waals surface area (Å²) < 4.78 is 14.2. The number of hydrogen-bond acceptors (Lipinski definition) is 1. The van der Waals surface area contributed by atoms with Gasteiger partial charge in [-0.1, -0.05) is 63.2 Å². The van der Waals surface area contributed by atoms with E-state index in [1.807, 2.05) is 51.1 Å². The summed E-state index contributed by atoms with van der Waals surface area (Å²) in [6, 6.07) is 14.1. The van der Waals surface area contributed by atoms with Gasteiger partial charge in [0, 0.05) is 17.5 Å². The van der Waals surface area contributed by atoms with Crippen LogP contribution in [0.2, 0.25) is 0 Å². The first-order chi connectivity index (χ1) is 9.37. The van der Waals surface area contributed by atoms with Gasteiger partial charge in [-0.15, -0.1) is 0 Å². The molecule has 0 heterocycles. The summed E-state index contributed by atoms with van der Waals surface area (Å²) >= 11 is 0. The standard InChI is InChI=1S/C18H19FO/c1-18(2,3)12-17(20)14-9-10-15(16(19)11-14)13-7-5-4-6-8-13/h4-11H,12H2,1-3H3. The Morgan fingerprint density at radius 3 is 2.25 bits per heavy atom. The van der Waals surface area contributed by atoms with Crippen LogP contribution in [0, 0.1) is 11.2 Å². The summed E-state index contributed by atoms with van der Waals surface area (Å²) in [5.41, 5.74) is 1.70. The summed E-state index contributed by atoms with van der Waals surface area (Å²) in [6.07, 6.45) is 0.414. The van der Waals surface area contributed by atoms with E-state index in [4.69, 9.17) is 0 Å². The molecule has 0 fully saturated rings. The quantitative estimate of drug-likeness (QED) is 0.708. The predicted octanol–water partition coefficient (Wildman–Crippen LogP) is 5.11. The molecule has 104 valence electrons. The highest BCUT2D eigenvalue weighted by molar-refractivity contribution is 5.96. The molecular weight excluding hydrogens is 251 g/mol. The number of Topliss-reactive ketones (excluding diaryl/α,β-unsaturated/α-hetero) is 1. The van der Waals surface area contributed by atoms with Crippen molar-refractivity contribution < 1.29 is 9.18 Å². The average Bonchev–Trinajstić information content (AvgIpc) is 2.37. The van der Waals surface area contributed by atoms with Gasteiger partial charge in [-0.2, -0.15) is 0 Å². The van der Waals surface area contributed by atoms with E-state index in [0.717, 1.165) is 5.56 Å². The molecule has 0 aliphatic carbocycles. The molecular formula is C18H19FO. The normalized spacial score (nSPS) is 11.4. The van der Waals surface area contributed by atoms with Gasteiger partial charge < -0.3 is 0 Å². The summed E-state index contributed by atoms with van der Waals surface area (Å²) in [4.78, 5) is 12.1. The zero-order valence-corrected chi connectivity index (χ0v) is 12.1. The molecule has 20 heavy (non-hydrogen) atoms. The topological polar surface area (TPSA) is 17.1 Å². The second kappa shape index (κ2) is 5.58. The highest BCUT2D eigenvalue weighted by atomic mass is 19.1. The van der Waals surface area contributed by atoms with Crippen molar-refractivity contribution in [2.24, 2.45) is 5.41 Å². The highest BCUT2D eigenvalue weighted by Gasteiger charge is 2.18. The molecule has 0 radical (unpaired) electrons. The molecule has 0 bridgehead atoms. The van der Waals surface area contributed by atoms with Crippen molar-refractivity contribution in [2.75, 3.05) is 0 Å². The minimum absolute atomic E-state index is 0.0176. The molecule has 0 saturated heterocycles. The number of ketones is 1. The van der Waals surface area contributed by atoms with Crippen molar-refractivity contribution in [3.05, 3.63) is 59.9 Å². The van der Waals surface area contributed by atoms with E-state index in [2.05, 4.69) is 0 Å². The SMILES string of the molecule is CC(C)(C)CC(=O)c1ccc(-c2ccccc2)c(F)c1. The number of carbonyl (C=O) groups excluding carboxylic acids is 1. The van der Waals surface area contributed by atoms with Gasteiger partial charge in [0.15, 0.2) is 5.78 Å². The lowest BCUT2D eigenvalue weighted by molar-refractivity contribution is 0.0939. The first-order valence-electron chi connectivity index (χ1n) is 6.75. The van der Waals surface area contributed by atoms with Gasteiger partial charge in [0.1, 0.15) is 5.82 Å². The van der Waals surface area contributed by atoms with Gasteiger partial charge in [-0.3, -0.25) is 4.79 Å². The fourth-order valence-corrected chi connectivity index (χ4v) is 2.12. The Balaban J connectivity index is 2.29. The molecule has 0 aromatic heterocycles. The molecule has 0 aliphatic rings. The van der Waals surface area contributed by atoms with Crippen LogP contribution in [0.5, 0.6) is 0 Å². The van der Waals surface area contributed by atoms with Crippen LogP contribution in [0.1, 0.15) is 37.6 Å². The third-order valence-corrected chi connectivity index (χ3v) is 3.07. The number of rotatable bonds is 3. The maximum atomic E-state index is 14.2. The van der Waals surface area contributed by atoms with Crippen LogP contribution < -0.4 is 0 Å². The molecule has 0 aliphatic heterocycles. The molecule has 0 N–H and O–H groups in total. The van der Waals surface area contributed by atoms with E-state index >= 15 is 0 Å². The van der Waals surface area contributed by atoms with Crippen molar-refractivity contribution in [1.29, 1.82) is 0 Å². The summed E-state index contributed by atoms with van der Waals surface area (Å²) in [6.45, 7) is 6.00. The lowest BCUT2D eigenvalue weighted by Gasteiger charge is -2.17. The Hall–Kier alpha value is -1.96. The second-order valence-electron chi connectivity index (χ2n) is 6.22. The van der Waals surface area contributed by atoms with Crippen LogP contribution >= 0.6 is 0 Å². The molecule has 2 aromatic carbocycles. The van der Waals surface area contributed by atoms with E-state index in [1.165, 1.54) is 6.07 Å². The number of hydrogen-bond donors (Lipinski definition) is 0. The maximum Gasteiger partial charge on any atom is 0.163 e. The minimum Gasteiger partial charge on any atom is -0.294 e. The predicted molar refractivity (Wildman–Crippen MR) is 80.2 cm³/mol. The number of carbonyl (C=O) groups is 1. The molecule has 0 spiro atoms. The van der Waals surface area contributed by atoms with Crippen LogP contribution in [0.4, 0.5) is 4.39 Å². The van der Waals surface area contributed by atoms with Crippen molar-refractivity contribution in [1.82, 2.24) is 0 Å². The first-order valence-corrected chi connectivity index (χ1v) is 6.75. The van der Waals surface area contributed by atoms with E-state index in [9.17, 15) is 9.18 Å². The van der Waals surface area contributed by atoms with Crippen LogP contribution in [-0.4, -0.2) is 5.78 Å². The Morgan fingerprint density at radius 1 is 1.05 bits per heavy atom. The van der Waals surface area contributed by atoms with Crippen LogP contribution in [0.3, 0.4) is 0 Å². The van der Waals surface area contributed by atoms with Crippen LogP contribution in [0.15, 0.2) is 48.5 Å². The number of benzene rings is 2. The largest absolute Gasteiger partial charge is 0.294 e. The summed E-state index contributed by atoms with van der Waals surface area (Å²) in [5, 5.41) is 0. The van der Waals surface area contributed by atoms with E-state index in [-0.39, 0.29) is 17.0 Å². The third kappa shape index (κ3) is 3.53. The molecule has 0 atom stereocenters. The van der Waals surface area contributed by atoms with E-state index < -0.39 is 0 Å². The molecule has 1 nitrogen and oxygen atoms in total. The van der Waals surface area contributed by atoms with Gasteiger partial charge in [0.25, 0.3) is 0 Å². The molecule has 0 amide bonds. The van der Waals surface area contributed by atoms with Crippen LogP contribution in [0.25, 0.3) is 11.1 Å². The van der Waals surface area contributed by atoms with E-state index in [1.54, 1.807) is 12.1 Å². The van der Waals surface area contributed by atoms with Gasteiger partial charge in [0.05, 0.1) is 0 Å². The zero-order chi connectivity index (χ0) is 14.8. The van der Waals surface area contributed by atoms with Crippen molar-refractivity contribution in [3.63, 3.8) is 0 Å². The first kappa shape index (κ1) is 14.4. The van der Waals surface area contributed by atoms with Crippen molar-refractivity contribution >= 4 is 5.78 Å². The zero-order valence-electron chi connectivity index (χ0n) is 12.1. The van der Waals surface area contributed by atoms with Crippen LogP contribution in [-0.2, 0) is 0 Å². The van der Waals surface area contributed by atoms with E-state index in [0.29, 0.717) is 17.5 Å². The summed E-state index contributed by atoms with van der Waals surface area (Å²) in [5.74, 6) is -0.369.